The highest BCUT2D eigenvalue weighted by Gasteiger charge is 2.55. The predicted octanol–water partition coefficient (Wildman–Crippen LogP) is 31.8. The number of fused-ring (bicyclic) bond motifs is 39. The van der Waals surface area contributed by atoms with Gasteiger partial charge in [-0.05, 0) is 200 Å². The van der Waals surface area contributed by atoms with Crippen LogP contribution in [0.15, 0.2) is 514 Å². The van der Waals surface area contributed by atoms with Crippen LogP contribution in [-0.4, -0.2) is 83.4 Å². The molecule has 0 saturated heterocycles. The molecule has 0 amide bonds. The summed E-state index contributed by atoms with van der Waals surface area (Å²) in [6, 6.07) is 169. The summed E-state index contributed by atoms with van der Waals surface area (Å²) in [5, 5.41) is 8.67. The molecule has 5 aliphatic heterocycles. The fraction of sp³-hybridized carbons (Fsp3) is 0.0638. The van der Waals surface area contributed by atoms with Crippen molar-refractivity contribution in [3.63, 3.8) is 0 Å². The van der Waals surface area contributed by atoms with E-state index in [9.17, 15) is 0 Å². The molecule has 150 heavy (non-hydrogen) atoms. The van der Waals surface area contributed by atoms with E-state index in [4.69, 9.17) is 20.0 Å². The Morgan fingerprint density at radius 2 is 0.533 bits per heavy atom. The molecule has 5 unspecified atom stereocenters. The minimum Gasteiger partial charge on any atom is -0.351 e. The summed E-state index contributed by atoms with van der Waals surface area (Å²) in [4.78, 5) is 25.5. The van der Waals surface area contributed by atoms with Gasteiger partial charge in [-0.25, -0.2) is 9.97 Å². The van der Waals surface area contributed by atoms with Gasteiger partial charge >= 0.3 is 0 Å². The Morgan fingerprint density at radius 3 is 1.02 bits per heavy atom. The van der Waals surface area contributed by atoms with Crippen molar-refractivity contribution in [3.8, 4) is 106 Å². The highest BCUT2D eigenvalue weighted by molar-refractivity contribution is 6.18. The third kappa shape index (κ3) is 11.5. The number of para-hydroxylation sites is 8. The van der Waals surface area contributed by atoms with Crippen LogP contribution in [0.3, 0.4) is 0 Å². The molecule has 10 aliphatic rings. The summed E-state index contributed by atoms with van der Waals surface area (Å²) in [5.74, 6) is 2.83. The lowest BCUT2D eigenvalue weighted by Crippen LogP contribution is -2.35. The van der Waals surface area contributed by atoms with E-state index in [1.807, 2.05) is 0 Å². The van der Waals surface area contributed by atoms with Crippen LogP contribution in [0.25, 0.3) is 183 Å². The standard InChI is InChI=1S/C51H31N3.2C45H31N3/c1-2-14-32(15-3-1)33-26-28-34(29-27-33)48-39-19-6-11-23-45(39)52-50(53-48)35-30-40-38-18-7-12-24-46(38)54-47-25-13-10-22-43(47)51(44(31-35)49(40)54)41-20-8-4-16-36(41)37-17-5-9-21-42(37)51;1-47-42-20-9-7-18-39(42)46-44(47)29-23-21-28(22-24-29)30-25-26-41-38(27-30)45(35-15-5-2-11-31(35)32-12-3-6-16-36(32)45)37-17-10-14-34-33-13-4-8-19-40(33)48(41)43(34)37;1-47-42-20-9-6-17-39(42)46-44(47)29-23-21-28(22-24-29)30-25-26-32-31-11-2-4-14-35(31)45(38(32)27-30)36-15-5-8-19-41(36)48-40-18-7-3-12-33(40)34-13-10-16-37(45)43(34)48/h1-31H;2*2-27,39,42H,1H3. The zero-order valence-corrected chi connectivity index (χ0v) is 82.3. The minimum atomic E-state index is -0.532. The predicted molar refractivity (Wildman–Crippen MR) is 616 cm³/mol. The number of hydrogen-bond acceptors (Lipinski definition) is 6. The lowest BCUT2D eigenvalue weighted by molar-refractivity contribution is 0.437. The lowest BCUT2D eigenvalue weighted by atomic mass is 9.65. The second-order valence-electron chi connectivity index (χ2n) is 41.5. The van der Waals surface area contributed by atoms with Gasteiger partial charge in [0.25, 0.3) is 0 Å². The molecule has 0 N–H and O–H groups in total. The molecule has 702 valence electrons. The molecule has 5 aliphatic carbocycles. The van der Waals surface area contributed by atoms with Gasteiger partial charge in [0.15, 0.2) is 5.82 Å². The van der Waals surface area contributed by atoms with E-state index >= 15 is 0 Å². The smallest absolute Gasteiger partial charge is 0.160 e. The number of hydrogen-bond donors (Lipinski definition) is 0. The fourth-order valence-corrected chi connectivity index (χ4v) is 28.1. The quantitative estimate of drug-likeness (QED) is 0.159. The molecule has 5 atom stereocenters. The maximum atomic E-state index is 5.46. The normalized spacial score (nSPS) is 17.6. The molecule has 9 heterocycles. The summed E-state index contributed by atoms with van der Waals surface area (Å²) < 4.78 is 7.52. The first-order chi connectivity index (χ1) is 74.2. The fourth-order valence-electron chi connectivity index (χ4n) is 28.1. The summed E-state index contributed by atoms with van der Waals surface area (Å²) in [6.45, 7) is 0. The number of nitrogens with zero attached hydrogens (tertiary/aromatic N) is 9. The number of benzene rings is 20. The summed E-state index contributed by atoms with van der Waals surface area (Å²) in [7, 11) is 4.31. The first kappa shape index (κ1) is 84.4. The number of rotatable bonds is 7. The van der Waals surface area contributed by atoms with E-state index in [1.165, 1.54) is 216 Å². The van der Waals surface area contributed by atoms with Crippen LogP contribution >= 0.6 is 0 Å². The van der Waals surface area contributed by atoms with Crippen LogP contribution in [0.4, 0.5) is 0 Å². The van der Waals surface area contributed by atoms with Gasteiger partial charge in [0.05, 0.1) is 102 Å². The van der Waals surface area contributed by atoms with E-state index < -0.39 is 16.2 Å². The van der Waals surface area contributed by atoms with Crippen molar-refractivity contribution in [2.24, 2.45) is 9.98 Å². The second kappa shape index (κ2) is 32.0. The van der Waals surface area contributed by atoms with Crippen LogP contribution in [0, 0.1) is 0 Å². The maximum Gasteiger partial charge on any atom is 0.160 e. The number of allylic oxidation sites excluding steroid dienone is 4. The van der Waals surface area contributed by atoms with Crippen LogP contribution in [-0.2, 0) is 16.2 Å². The highest BCUT2D eigenvalue weighted by atomic mass is 15.3. The molecule has 9 nitrogen and oxygen atoms in total. The number of aromatic nitrogens is 5. The van der Waals surface area contributed by atoms with Gasteiger partial charge in [-0.3, -0.25) is 9.98 Å². The van der Waals surface area contributed by atoms with Gasteiger partial charge in [0.2, 0.25) is 0 Å². The molecule has 0 fully saturated rings. The average molecular weight is 1910 g/mol. The SMILES string of the molecule is CN1C(c2ccc(-c3ccc4c(c3)C3(c5ccccc5-4)c4ccccc4-n4c5ccccc5c5cccc3c54)cc2)=NC2C=CC=CC21.CN1C(c2ccc(-c3ccc4c(c3)C3(c5ccccc5-c5ccccc53)c3cccc5c6ccccc6n-4c35)cc2)=NC2C=CC=CC21.c1ccc(-c2ccc(-c3nc(-c4cc5c6c(c4)c4ccccc4n6-c4ccccc4C54c5ccccc5-c5ccccc54)nc4ccccc34)cc2)cc1. The van der Waals surface area contributed by atoms with Gasteiger partial charge in [-0.2, -0.15) is 0 Å². The van der Waals surface area contributed by atoms with Crippen molar-refractivity contribution in [2.45, 2.75) is 40.4 Å². The average Bonchev–Trinajstić information content (AvgIpc) is 1.50. The largest absolute Gasteiger partial charge is 0.351 e. The molecule has 9 heteroatoms. The first-order valence-corrected chi connectivity index (χ1v) is 52.3. The topological polar surface area (TPSA) is 71.8 Å². The van der Waals surface area contributed by atoms with Crippen LogP contribution in [0.5, 0.6) is 0 Å². The van der Waals surface area contributed by atoms with Crippen molar-refractivity contribution in [2.75, 3.05) is 14.1 Å². The van der Waals surface area contributed by atoms with Gasteiger partial charge in [-0.1, -0.05) is 437 Å². The number of aliphatic imine (C=N–C) groups is 2. The third-order valence-corrected chi connectivity index (χ3v) is 34.4. The summed E-state index contributed by atoms with van der Waals surface area (Å²) in [6.07, 6.45) is 17.4. The molecule has 4 aromatic heterocycles. The van der Waals surface area contributed by atoms with E-state index in [2.05, 4.69) is 541 Å². The number of likely N-dealkylation sites (N-methyl/N-ethyl adjacent to an activating group) is 2. The molecule has 0 bridgehead atoms. The van der Waals surface area contributed by atoms with Crippen molar-refractivity contribution in [3.05, 3.63) is 581 Å². The summed E-state index contributed by atoms with van der Waals surface area (Å²) >= 11 is 0. The zero-order chi connectivity index (χ0) is 98.5. The molecule has 20 aromatic carbocycles. The Morgan fingerprint density at radius 1 is 0.207 bits per heavy atom. The summed E-state index contributed by atoms with van der Waals surface area (Å²) in [5.41, 5.74) is 47.1. The van der Waals surface area contributed by atoms with E-state index in [0.717, 1.165) is 56.3 Å². The molecule has 24 aromatic rings. The zero-order valence-electron chi connectivity index (χ0n) is 82.3. The molecule has 34 rings (SSSR count). The van der Waals surface area contributed by atoms with Crippen molar-refractivity contribution >= 4 is 88.0 Å². The molecular formula is C141H93N9. The van der Waals surface area contributed by atoms with Gasteiger partial charge in [-0.15, -0.1) is 0 Å². The molecular weight excluding hydrogens is 1820 g/mol. The monoisotopic (exact) mass is 1910 g/mol. The number of amidine groups is 2. The Kier molecular flexibility index (Phi) is 18.0. The molecule has 3 spiro atoms. The van der Waals surface area contributed by atoms with Gasteiger partial charge in [0.1, 0.15) is 11.7 Å². The Hall–Kier alpha value is -19.0. The minimum absolute atomic E-state index is 0.183. The van der Waals surface area contributed by atoms with Crippen LogP contribution < -0.4 is 0 Å². The first-order valence-electron chi connectivity index (χ1n) is 52.3. The lowest BCUT2D eigenvalue weighted by Gasteiger charge is -2.40. The molecule has 0 saturated carbocycles. The van der Waals surface area contributed by atoms with Gasteiger partial charge in [0, 0.05) is 74.1 Å². The Bertz CT molecular complexity index is 10100. The second-order valence-corrected chi connectivity index (χ2v) is 41.5. The van der Waals surface area contributed by atoms with Gasteiger partial charge < -0.3 is 23.5 Å². The van der Waals surface area contributed by atoms with Crippen LogP contribution in [0.2, 0.25) is 0 Å². The van der Waals surface area contributed by atoms with E-state index in [0.29, 0.717) is 6.04 Å². The van der Waals surface area contributed by atoms with Crippen molar-refractivity contribution in [1.82, 2.24) is 33.5 Å². The van der Waals surface area contributed by atoms with Crippen molar-refractivity contribution in [1.29, 1.82) is 0 Å². The molecule has 0 radical (unpaired) electrons. The highest BCUT2D eigenvalue weighted by Crippen LogP contribution is 2.66. The Balaban J connectivity index is 0.0000000995. The van der Waals surface area contributed by atoms with Crippen molar-refractivity contribution < 1.29 is 0 Å². The van der Waals surface area contributed by atoms with Crippen LogP contribution in [0.1, 0.15) is 77.9 Å². The Labute approximate surface area is 867 Å². The third-order valence-electron chi connectivity index (χ3n) is 34.4. The van der Waals surface area contributed by atoms with E-state index in [1.54, 1.807) is 0 Å². The van der Waals surface area contributed by atoms with E-state index in [-0.39, 0.29) is 18.1 Å². The maximum absolute atomic E-state index is 5.46.